The normalized spacial score (nSPS) is 14.4. The molecule has 112 valence electrons. The van der Waals surface area contributed by atoms with E-state index >= 15 is 0 Å². The molecule has 0 saturated heterocycles. The van der Waals surface area contributed by atoms with Gasteiger partial charge in [0, 0.05) is 20.0 Å². The van der Waals surface area contributed by atoms with Crippen molar-refractivity contribution in [3.8, 4) is 0 Å². The first-order valence-electron chi connectivity index (χ1n) is 6.29. The highest BCUT2D eigenvalue weighted by Crippen LogP contribution is 2.15. The Hall–Kier alpha value is -1.64. The number of alkyl halides is 3. The monoisotopic (exact) mass is 291 g/mol. The number of carbonyl (C=O) groups is 1. The fourth-order valence-electron chi connectivity index (χ4n) is 2.07. The molecule has 0 fully saturated rings. The van der Waals surface area contributed by atoms with Crippen LogP contribution in [0.5, 0.6) is 0 Å². The molecular formula is C11H16F3N5O. The molecule has 1 aliphatic rings. The van der Waals surface area contributed by atoms with Gasteiger partial charge in [-0.25, -0.2) is 0 Å². The Morgan fingerprint density at radius 2 is 2.20 bits per heavy atom. The molecule has 1 aliphatic heterocycles. The molecule has 0 radical (unpaired) electrons. The predicted molar refractivity (Wildman–Crippen MR) is 63.7 cm³/mol. The molecule has 0 bridgehead atoms. The van der Waals surface area contributed by atoms with Gasteiger partial charge >= 0.3 is 6.18 Å². The number of aryl methyl sites for hydroxylation is 1. The van der Waals surface area contributed by atoms with Crippen LogP contribution in [0, 0.1) is 0 Å². The van der Waals surface area contributed by atoms with Crippen LogP contribution in [-0.2, 0) is 24.3 Å². The number of hydrogen-bond donors (Lipinski definition) is 1. The molecule has 0 unspecified atom stereocenters. The highest BCUT2D eigenvalue weighted by Gasteiger charge is 2.27. The Labute approximate surface area is 114 Å². The van der Waals surface area contributed by atoms with Crippen molar-refractivity contribution >= 4 is 5.91 Å². The molecule has 1 aromatic heterocycles. The second-order valence-corrected chi connectivity index (χ2v) is 4.76. The average Bonchev–Trinajstić information content (AvgIpc) is 2.92. The summed E-state index contributed by atoms with van der Waals surface area (Å²) in [5.74, 6) is 1.16. The van der Waals surface area contributed by atoms with Crippen molar-refractivity contribution in [2.24, 2.45) is 0 Å². The Morgan fingerprint density at radius 1 is 1.45 bits per heavy atom. The van der Waals surface area contributed by atoms with Gasteiger partial charge in [-0.3, -0.25) is 4.79 Å². The van der Waals surface area contributed by atoms with Crippen LogP contribution in [0.1, 0.15) is 18.1 Å². The minimum absolute atomic E-state index is 0.250. The molecule has 2 heterocycles. The van der Waals surface area contributed by atoms with Crippen LogP contribution in [-0.4, -0.2) is 51.9 Å². The summed E-state index contributed by atoms with van der Waals surface area (Å²) in [6.07, 6.45) is -2.44. The van der Waals surface area contributed by atoms with Gasteiger partial charge in [-0.05, 0) is 6.42 Å². The SMILES string of the molecule is CN(Cc1nnc2n1CCC2)C(=O)CNCC(F)(F)F. The largest absolute Gasteiger partial charge is 0.401 e. The van der Waals surface area contributed by atoms with Crippen LogP contribution in [0.25, 0.3) is 0 Å². The Balaban J connectivity index is 1.82. The van der Waals surface area contributed by atoms with Crippen molar-refractivity contribution in [2.45, 2.75) is 32.1 Å². The van der Waals surface area contributed by atoms with Gasteiger partial charge in [0.1, 0.15) is 5.82 Å². The van der Waals surface area contributed by atoms with E-state index in [1.54, 1.807) is 0 Å². The summed E-state index contributed by atoms with van der Waals surface area (Å²) in [5.41, 5.74) is 0. The van der Waals surface area contributed by atoms with E-state index in [4.69, 9.17) is 0 Å². The molecule has 0 spiro atoms. The smallest absolute Gasteiger partial charge is 0.337 e. The number of fused-ring (bicyclic) bond motifs is 1. The highest BCUT2D eigenvalue weighted by molar-refractivity contribution is 5.77. The maximum absolute atomic E-state index is 12.0. The van der Waals surface area contributed by atoms with Crippen molar-refractivity contribution in [1.29, 1.82) is 0 Å². The van der Waals surface area contributed by atoms with E-state index in [0.29, 0.717) is 5.82 Å². The number of hydrogen-bond acceptors (Lipinski definition) is 4. The van der Waals surface area contributed by atoms with Crippen LogP contribution in [0.3, 0.4) is 0 Å². The van der Waals surface area contributed by atoms with Crippen molar-refractivity contribution in [3.63, 3.8) is 0 Å². The Morgan fingerprint density at radius 3 is 2.90 bits per heavy atom. The molecule has 0 aliphatic carbocycles. The number of aromatic nitrogens is 3. The number of rotatable bonds is 5. The molecule has 9 heteroatoms. The van der Waals surface area contributed by atoms with Crippen molar-refractivity contribution in [2.75, 3.05) is 20.1 Å². The molecule has 20 heavy (non-hydrogen) atoms. The van der Waals surface area contributed by atoms with Crippen LogP contribution >= 0.6 is 0 Å². The van der Waals surface area contributed by atoms with Gasteiger partial charge in [0.25, 0.3) is 0 Å². The third-order valence-corrected chi connectivity index (χ3v) is 3.09. The second kappa shape index (κ2) is 5.78. The maximum atomic E-state index is 12.0. The molecule has 1 aromatic rings. The molecule has 0 aromatic carbocycles. The third kappa shape index (κ3) is 3.69. The average molecular weight is 291 g/mol. The van der Waals surface area contributed by atoms with Crippen molar-refractivity contribution in [1.82, 2.24) is 25.0 Å². The first-order valence-corrected chi connectivity index (χ1v) is 6.29. The van der Waals surface area contributed by atoms with Crippen LogP contribution in [0.4, 0.5) is 13.2 Å². The maximum Gasteiger partial charge on any atom is 0.401 e. The summed E-state index contributed by atoms with van der Waals surface area (Å²) in [6, 6.07) is 0. The number of carbonyl (C=O) groups excluding carboxylic acids is 1. The Kier molecular flexibility index (Phi) is 4.26. The summed E-state index contributed by atoms with van der Waals surface area (Å²) in [4.78, 5) is 13.0. The number of nitrogens with zero attached hydrogens (tertiary/aromatic N) is 4. The number of amides is 1. The van der Waals surface area contributed by atoms with Gasteiger partial charge in [0.2, 0.25) is 5.91 Å². The van der Waals surface area contributed by atoms with E-state index in [0.717, 1.165) is 25.2 Å². The van der Waals surface area contributed by atoms with Crippen molar-refractivity contribution in [3.05, 3.63) is 11.6 Å². The van der Waals surface area contributed by atoms with Gasteiger partial charge in [0.15, 0.2) is 5.82 Å². The topological polar surface area (TPSA) is 63.1 Å². The summed E-state index contributed by atoms with van der Waals surface area (Å²) >= 11 is 0. The molecule has 0 saturated carbocycles. The number of nitrogens with one attached hydrogen (secondary N) is 1. The van der Waals surface area contributed by atoms with E-state index in [1.165, 1.54) is 11.9 Å². The fraction of sp³-hybridized carbons (Fsp3) is 0.727. The minimum Gasteiger partial charge on any atom is -0.337 e. The van der Waals surface area contributed by atoms with Gasteiger partial charge in [-0.15, -0.1) is 10.2 Å². The second-order valence-electron chi connectivity index (χ2n) is 4.76. The quantitative estimate of drug-likeness (QED) is 0.849. The van der Waals surface area contributed by atoms with Gasteiger partial charge in [0.05, 0.1) is 19.6 Å². The molecule has 6 nitrogen and oxygen atoms in total. The van der Waals surface area contributed by atoms with Crippen molar-refractivity contribution < 1.29 is 18.0 Å². The summed E-state index contributed by atoms with van der Waals surface area (Å²) in [6.45, 7) is -0.449. The van der Waals surface area contributed by atoms with E-state index in [2.05, 4.69) is 15.5 Å². The molecule has 1 amide bonds. The van der Waals surface area contributed by atoms with Crippen LogP contribution in [0.2, 0.25) is 0 Å². The number of halogens is 3. The zero-order valence-corrected chi connectivity index (χ0v) is 11.1. The molecule has 0 atom stereocenters. The van der Waals surface area contributed by atoms with Crippen LogP contribution in [0.15, 0.2) is 0 Å². The zero-order chi connectivity index (χ0) is 14.8. The minimum atomic E-state index is -4.31. The van der Waals surface area contributed by atoms with Gasteiger partial charge in [-0.1, -0.05) is 0 Å². The first-order chi connectivity index (χ1) is 9.37. The lowest BCUT2D eigenvalue weighted by atomic mass is 10.4. The highest BCUT2D eigenvalue weighted by atomic mass is 19.4. The lowest BCUT2D eigenvalue weighted by Gasteiger charge is -2.17. The van der Waals surface area contributed by atoms with Gasteiger partial charge < -0.3 is 14.8 Å². The summed E-state index contributed by atoms with van der Waals surface area (Å²) in [5, 5.41) is 10.1. The zero-order valence-electron chi connectivity index (χ0n) is 11.1. The fourth-order valence-corrected chi connectivity index (χ4v) is 2.07. The van der Waals surface area contributed by atoms with E-state index < -0.39 is 18.6 Å². The standard InChI is InChI=1S/C11H16F3N5O/c1-18(10(20)5-15-7-11(12,13)14)6-9-17-16-8-3-2-4-19(8)9/h15H,2-7H2,1H3. The molecular weight excluding hydrogens is 275 g/mol. The van der Waals surface area contributed by atoms with E-state index in [-0.39, 0.29) is 13.1 Å². The Bertz CT molecular complexity index is 485. The summed E-state index contributed by atoms with van der Waals surface area (Å²) in [7, 11) is 1.54. The van der Waals surface area contributed by atoms with E-state index in [9.17, 15) is 18.0 Å². The molecule has 1 N–H and O–H groups in total. The lowest BCUT2D eigenvalue weighted by Crippen LogP contribution is -2.39. The van der Waals surface area contributed by atoms with Gasteiger partial charge in [-0.2, -0.15) is 13.2 Å². The third-order valence-electron chi connectivity index (χ3n) is 3.09. The van der Waals surface area contributed by atoms with Crippen LogP contribution < -0.4 is 5.32 Å². The first kappa shape index (κ1) is 14.8. The predicted octanol–water partition coefficient (Wildman–Crippen LogP) is 0.335. The lowest BCUT2D eigenvalue weighted by molar-refractivity contribution is -0.133. The summed E-state index contributed by atoms with van der Waals surface area (Å²) < 4.78 is 37.8. The van der Waals surface area contributed by atoms with E-state index in [1.807, 2.05) is 4.57 Å². The number of likely N-dealkylation sites (N-methyl/N-ethyl adjacent to an activating group) is 1. The molecule has 2 rings (SSSR count).